The SMILES string of the molecule is CCCCCCCCCCCCCCCCCCCCCC/C=C/C(O)C(CO)NC(=O)CCCCCCCCCCCCCCCCCCCCCCCCCCCCCCCCCCCCCOC(=O)CCCCCCCCCCCCC. The predicted molar refractivity (Wildman–Crippen MR) is 375 cm³/mol. The molecule has 2 unspecified atom stereocenters. The fourth-order valence-electron chi connectivity index (χ4n) is 12.8. The summed E-state index contributed by atoms with van der Waals surface area (Å²) in [6.45, 7) is 4.96. The number of allylic oxidation sites excluding steroid dienone is 1. The monoisotopic (exact) mass is 1200 g/mol. The highest BCUT2D eigenvalue weighted by Crippen LogP contribution is 2.20. The van der Waals surface area contributed by atoms with Crippen LogP contribution >= 0.6 is 0 Å². The fourth-order valence-corrected chi connectivity index (χ4v) is 12.8. The van der Waals surface area contributed by atoms with E-state index in [0.29, 0.717) is 19.4 Å². The summed E-state index contributed by atoms with van der Waals surface area (Å²) >= 11 is 0. The number of amides is 1. The van der Waals surface area contributed by atoms with Crippen molar-refractivity contribution < 1.29 is 24.5 Å². The molecule has 0 saturated heterocycles. The molecule has 1 amide bonds. The van der Waals surface area contributed by atoms with Crippen molar-refractivity contribution in [3.05, 3.63) is 12.2 Å². The Morgan fingerprint density at radius 2 is 0.541 bits per heavy atom. The second-order valence-corrected chi connectivity index (χ2v) is 27.4. The highest BCUT2D eigenvalue weighted by molar-refractivity contribution is 5.76. The molecule has 0 aromatic heterocycles. The minimum Gasteiger partial charge on any atom is -0.466 e. The van der Waals surface area contributed by atoms with Gasteiger partial charge in [-0.3, -0.25) is 9.59 Å². The van der Waals surface area contributed by atoms with Gasteiger partial charge in [-0.25, -0.2) is 0 Å². The molecule has 6 nitrogen and oxygen atoms in total. The van der Waals surface area contributed by atoms with E-state index in [4.69, 9.17) is 4.74 Å². The van der Waals surface area contributed by atoms with Gasteiger partial charge in [-0.15, -0.1) is 0 Å². The lowest BCUT2D eigenvalue weighted by Gasteiger charge is -2.20. The van der Waals surface area contributed by atoms with Crippen LogP contribution < -0.4 is 5.32 Å². The van der Waals surface area contributed by atoms with Crippen LogP contribution in [0.15, 0.2) is 12.2 Å². The zero-order valence-corrected chi connectivity index (χ0v) is 58.1. The number of hydrogen-bond donors (Lipinski definition) is 3. The van der Waals surface area contributed by atoms with Crippen LogP contribution in [0.1, 0.15) is 457 Å². The van der Waals surface area contributed by atoms with Crippen LogP contribution in [-0.2, 0) is 14.3 Å². The number of ether oxygens (including phenoxy) is 1. The Balaban J connectivity index is 3.33. The molecule has 0 saturated carbocycles. The highest BCUT2D eigenvalue weighted by Gasteiger charge is 2.18. The summed E-state index contributed by atoms with van der Waals surface area (Å²) in [5, 5.41) is 23.3. The molecule has 0 aromatic carbocycles. The van der Waals surface area contributed by atoms with E-state index in [2.05, 4.69) is 19.2 Å². The van der Waals surface area contributed by atoms with Crippen LogP contribution in [0.3, 0.4) is 0 Å². The number of carbonyl (C=O) groups excluding carboxylic acids is 2. The molecule has 6 heteroatoms. The van der Waals surface area contributed by atoms with Crippen molar-refractivity contribution in [2.24, 2.45) is 0 Å². The van der Waals surface area contributed by atoms with E-state index < -0.39 is 12.1 Å². The standard InChI is InChI=1S/C79H155NO5/c1-3-5-7-9-11-13-15-16-17-18-19-20-36-39-42-45-48-52-55-59-63-67-71-77(82)76(75-81)80-78(83)72-68-64-60-56-53-49-46-43-40-37-34-32-30-28-26-24-22-21-23-25-27-29-31-33-35-38-41-44-47-50-54-58-62-66-70-74-85-79(84)73-69-65-61-57-51-14-12-10-8-6-4-2/h67,71,76-77,81-82H,3-66,68-70,72-75H2,1-2H3,(H,80,83)/b71-67+. The van der Waals surface area contributed by atoms with Crippen LogP contribution in [-0.4, -0.2) is 47.4 Å². The van der Waals surface area contributed by atoms with Crippen molar-refractivity contribution in [2.45, 2.75) is 469 Å². The smallest absolute Gasteiger partial charge is 0.305 e. The molecule has 0 heterocycles. The van der Waals surface area contributed by atoms with Crippen LogP contribution in [0.2, 0.25) is 0 Å². The number of unbranched alkanes of at least 4 members (excludes halogenated alkanes) is 64. The minimum absolute atomic E-state index is 0.0231. The molecule has 0 spiro atoms. The molecular weight excluding hydrogens is 1040 g/mol. The first kappa shape index (κ1) is 83.6. The van der Waals surface area contributed by atoms with E-state index in [1.165, 1.54) is 392 Å². The number of hydrogen-bond acceptors (Lipinski definition) is 5. The Labute approximate surface area is 533 Å². The van der Waals surface area contributed by atoms with Gasteiger partial charge < -0.3 is 20.3 Å². The van der Waals surface area contributed by atoms with Crippen molar-refractivity contribution in [1.29, 1.82) is 0 Å². The van der Waals surface area contributed by atoms with Gasteiger partial charge in [0.1, 0.15) is 0 Å². The van der Waals surface area contributed by atoms with Gasteiger partial charge in [0.2, 0.25) is 5.91 Å². The second-order valence-electron chi connectivity index (χ2n) is 27.4. The van der Waals surface area contributed by atoms with Gasteiger partial charge in [0.05, 0.1) is 25.4 Å². The van der Waals surface area contributed by atoms with Gasteiger partial charge in [0.25, 0.3) is 0 Å². The Hall–Kier alpha value is -1.40. The van der Waals surface area contributed by atoms with Crippen molar-refractivity contribution >= 4 is 11.9 Å². The third-order valence-electron chi connectivity index (χ3n) is 18.8. The van der Waals surface area contributed by atoms with Gasteiger partial charge in [-0.1, -0.05) is 424 Å². The molecule has 0 aliphatic rings. The molecule has 2 atom stereocenters. The number of carbonyl (C=O) groups is 2. The molecule has 3 N–H and O–H groups in total. The first-order valence-electron chi connectivity index (χ1n) is 39.5. The number of aliphatic hydroxyl groups excluding tert-OH is 2. The maximum atomic E-state index is 12.5. The average Bonchev–Trinajstić information content (AvgIpc) is 3.55. The van der Waals surface area contributed by atoms with Crippen LogP contribution in [0.4, 0.5) is 0 Å². The molecule has 0 rings (SSSR count). The maximum Gasteiger partial charge on any atom is 0.305 e. The molecule has 0 aromatic rings. The number of rotatable bonds is 75. The summed E-state index contributed by atoms with van der Waals surface area (Å²) in [6.07, 6.45) is 94.9. The summed E-state index contributed by atoms with van der Waals surface area (Å²) in [4.78, 5) is 24.6. The van der Waals surface area contributed by atoms with E-state index in [0.717, 1.165) is 38.5 Å². The first-order valence-corrected chi connectivity index (χ1v) is 39.5. The average molecular weight is 1200 g/mol. The highest BCUT2D eigenvalue weighted by atomic mass is 16.5. The van der Waals surface area contributed by atoms with E-state index >= 15 is 0 Å². The normalized spacial score (nSPS) is 12.5. The van der Waals surface area contributed by atoms with Gasteiger partial charge in [-0.2, -0.15) is 0 Å². The van der Waals surface area contributed by atoms with Crippen LogP contribution in [0.25, 0.3) is 0 Å². The zero-order chi connectivity index (χ0) is 61.3. The lowest BCUT2D eigenvalue weighted by Crippen LogP contribution is -2.45. The van der Waals surface area contributed by atoms with Gasteiger partial charge >= 0.3 is 5.97 Å². The minimum atomic E-state index is -0.841. The molecule has 0 aliphatic carbocycles. The molecule has 85 heavy (non-hydrogen) atoms. The molecule has 0 radical (unpaired) electrons. The maximum absolute atomic E-state index is 12.5. The van der Waals surface area contributed by atoms with E-state index in [9.17, 15) is 19.8 Å². The Kier molecular flexibility index (Phi) is 73.8. The van der Waals surface area contributed by atoms with Crippen LogP contribution in [0.5, 0.6) is 0 Å². The Morgan fingerprint density at radius 1 is 0.318 bits per heavy atom. The summed E-state index contributed by atoms with van der Waals surface area (Å²) < 4.78 is 5.48. The largest absolute Gasteiger partial charge is 0.466 e. The first-order chi connectivity index (χ1) is 42.0. The van der Waals surface area contributed by atoms with E-state index in [1.807, 2.05) is 6.08 Å². The fraction of sp³-hybridized carbons (Fsp3) is 0.949. The second kappa shape index (κ2) is 75.1. The molecule has 0 aliphatic heterocycles. The van der Waals surface area contributed by atoms with Crippen molar-refractivity contribution in [3.63, 3.8) is 0 Å². The van der Waals surface area contributed by atoms with Crippen molar-refractivity contribution in [1.82, 2.24) is 5.32 Å². The summed E-state index contributed by atoms with van der Waals surface area (Å²) in [7, 11) is 0. The summed E-state index contributed by atoms with van der Waals surface area (Å²) in [5.74, 6) is -0.0342. The topological polar surface area (TPSA) is 95.9 Å². The molecule has 0 fully saturated rings. The van der Waals surface area contributed by atoms with Gasteiger partial charge in [0, 0.05) is 12.8 Å². The van der Waals surface area contributed by atoms with E-state index in [-0.39, 0.29) is 18.5 Å². The third kappa shape index (κ3) is 71.6. The predicted octanol–water partition coefficient (Wildman–Crippen LogP) is 25.9. The lowest BCUT2D eigenvalue weighted by atomic mass is 10.0. The van der Waals surface area contributed by atoms with Crippen molar-refractivity contribution in [2.75, 3.05) is 13.2 Å². The van der Waals surface area contributed by atoms with Crippen molar-refractivity contribution in [3.8, 4) is 0 Å². The van der Waals surface area contributed by atoms with Gasteiger partial charge in [-0.05, 0) is 32.1 Å². The van der Waals surface area contributed by atoms with Gasteiger partial charge in [0.15, 0.2) is 0 Å². The number of nitrogens with one attached hydrogen (secondary N) is 1. The summed E-state index contributed by atoms with van der Waals surface area (Å²) in [5.41, 5.74) is 0. The summed E-state index contributed by atoms with van der Waals surface area (Å²) in [6, 6.07) is -0.624. The van der Waals surface area contributed by atoms with E-state index in [1.54, 1.807) is 6.08 Å². The zero-order valence-electron chi connectivity index (χ0n) is 58.1. The quantitative estimate of drug-likeness (QED) is 0.0320. The number of aliphatic hydroxyl groups is 2. The lowest BCUT2D eigenvalue weighted by molar-refractivity contribution is -0.143. The molecule has 0 bridgehead atoms. The Morgan fingerprint density at radius 3 is 0.800 bits per heavy atom. The third-order valence-corrected chi connectivity index (χ3v) is 18.8. The molecule has 506 valence electrons. The number of esters is 1. The van der Waals surface area contributed by atoms with Crippen LogP contribution in [0, 0.1) is 0 Å². The molecular formula is C79H155NO5. The Bertz CT molecular complexity index is 1290.